The topological polar surface area (TPSA) is 43.9 Å². The van der Waals surface area contributed by atoms with Crippen molar-refractivity contribution in [1.82, 2.24) is 14.7 Å². The molecule has 2 aliphatic rings. The molecule has 2 aliphatic heterocycles. The minimum absolute atomic E-state index is 0.0647. The fourth-order valence-corrected chi connectivity index (χ4v) is 6.75. The van der Waals surface area contributed by atoms with Gasteiger partial charge >= 0.3 is 0 Å². The van der Waals surface area contributed by atoms with Crippen LogP contribution in [0.3, 0.4) is 0 Å². The maximum Gasteiger partial charge on any atom is 0.253 e. The first-order valence-electron chi connectivity index (χ1n) is 12.8. The van der Waals surface area contributed by atoms with Crippen molar-refractivity contribution in [2.75, 3.05) is 32.7 Å². The molecule has 0 aliphatic carbocycles. The van der Waals surface area contributed by atoms with Gasteiger partial charge in [-0.3, -0.25) is 14.5 Å². The summed E-state index contributed by atoms with van der Waals surface area (Å²) >= 11 is 14.0. The third kappa shape index (κ3) is 5.30. The van der Waals surface area contributed by atoms with E-state index in [4.69, 9.17) is 23.2 Å². The van der Waals surface area contributed by atoms with Crippen molar-refractivity contribution in [1.29, 1.82) is 0 Å². The molecule has 2 amide bonds. The highest BCUT2D eigenvalue weighted by Gasteiger charge is 2.37. The van der Waals surface area contributed by atoms with E-state index in [-0.39, 0.29) is 23.9 Å². The fraction of sp³-hybridized carbons (Fsp3) is 0.379. The lowest BCUT2D eigenvalue weighted by molar-refractivity contribution is -0.137. The Balaban J connectivity index is 1.32. The van der Waals surface area contributed by atoms with Gasteiger partial charge in [-0.15, -0.1) is 11.3 Å². The van der Waals surface area contributed by atoms with Crippen molar-refractivity contribution in [2.45, 2.75) is 38.8 Å². The van der Waals surface area contributed by atoms with Crippen LogP contribution in [0.25, 0.3) is 0 Å². The fourth-order valence-electron chi connectivity index (χ4n) is 5.55. The van der Waals surface area contributed by atoms with Crippen LogP contribution in [0.4, 0.5) is 0 Å². The van der Waals surface area contributed by atoms with Crippen molar-refractivity contribution >= 4 is 46.4 Å². The number of amides is 2. The highest BCUT2D eigenvalue weighted by molar-refractivity contribution is 7.10. The van der Waals surface area contributed by atoms with E-state index < -0.39 is 0 Å². The van der Waals surface area contributed by atoms with Crippen molar-refractivity contribution in [2.24, 2.45) is 0 Å². The molecular formula is C29H31Cl2N3O2S. The van der Waals surface area contributed by atoms with E-state index in [9.17, 15) is 9.59 Å². The zero-order valence-corrected chi connectivity index (χ0v) is 23.5. The van der Waals surface area contributed by atoms with E-state index in [1.807, 2.05) is 28.1 Å². The zero-order chi connectivity index (χ0) is 26.1. The van der Waals surface area contributed by atoms with E-state index in [1.54, 1.807) is 18.2 Å². The summed E-state index contributed by atoms with van der Waals surface area (Å²) < 4.78 is 0. The summed E-state index contributed by atoms with van der Waals surface area (Å²) in [7, 11) is 0. The molecule has 3 heterocycles. The molecule has 5 rings (SSSR count). The van der Waals surface area contributed by atoms with Gasteiger partial charge < -0.3 is 9.80 Å². The summed E-state index contributed by atoms with van der Waals surface area (Å²) in [4.78, 5) is 34.5. The van der Waals surface area contributed by atoms with Crippen molar-refractivity contribution in [3.63, 3.8) is 0 Å². The van der Waals surface area contributed by atoms with Crippen molar-refractivity contribution in [3.05, 3.63) is 91.1 Å². The number of rotatable bonds is 4. The normalized spacial score (nSPS) is 19.3. The number of hydrogen-bond acceptors (Lipinski definition) is 4. The molecule has 5 nitrogen and oxygen atoms in total. The standard InChI is InChI=1S/C29H31Cl2N3O2S/c1-19-6-3-4-7-22(19)27-23-11-17-37-26(23)10-14-34(27)20(2)28(35)32-12-5-13-33(16-15-32)29(36)21-8-9-24(30)25(31)18-21/h3-4,6-9,11,17-18,20,27H,5,10,12-16H2,1-2H3/t20-,27+/m1/s1. The Hall–Kier alpha value is -2.38. The Kier molecular flexibility index (Phi) is 7.91. The molecule has 0 N–H and O–H groups in total. The first-order valence-corrected chi connectivity index (χ1v) is 14.4. The van der Waals surface area contributed by atoms with Crippen LogP contribution in [0.1, 0.15) is 51.3 Å². The quantitative estimate of drug-likeness (QED) is 0.392. The number of halogens is 2. The molecule has 0 saturated carbocycles. The molecule has 1 saturated heterocycles. The Morgan fingerprint density at radius 3 is 2.46 bits per heavy atom. The average molecular weight is 557 g/mol. The van der Waals surface area contributed by atoms with E-state index >= 15 is 0 Å². The molecule has 2 atom stereocenters. The van der Waals surface area contributed by atoms with Gasteiger partial charge in [0.25, 0.3) is 5.91 Å². The Morgan fingerprint density at radius 1 is 0.919 bits per heavy atom. The number of aryl methyl sites for hydroxylation is 1. The third-order valence-corrected chi connectivity index (χ3v) is 9.34. The van der Waals surface area contributed by atoms with Crippen LogP contribution in [0, 0.1) is 6.92 Å². The van der Waals surface area contributed by atoms with Crippen LogP contribution in [-0.2, 0) is 11.2 Å². The summed E-state index contributed by atoms with van der Waals surface area (Å²) in [5.74, 6) is 0.0441. The molecule has 0 bridgehead atoms. The number of hydrogen-bond donors (Lipinski definition) is 0. The minimum Gasteiger partial charge on any atom is -0.340 e. The Labute approximate surface area is 232 Å². The maximum absolute atomic E-state index is 13.8. The van der Waals surface area contributed by atoms with Crippen molar-refractivity contribution in [3.8, 4) is 0 Å². The summed E-state index contributed by atoms with van der Waals surface area (Å²) in [6.45, 7) is 7.28. The molecule has 3 aromatic rings. The predicted octanol–water partition coefficient (Wildman–Crippen LogP) is 6.07. The smallest absolute Gasteiger partial charge is 0.253 e. The molecule has 0 unspecified atom stereocenters. The van der Waals surface area contributed by atoms with Crippen LogP contribution in [0.2, 0.25) is 10.0 Å². The maximum atomic E-state index is 13.8. The number of thiophene rings is 1. The third-order valence-electron chi connectivity index (χ3n) is 7.60. The molecule has 0 radical (unpaired) electrons. The largest absolute Gasteiger partial charge is 0.340 e. The summed E-state index contributed by atoms with van der Waals surface area (Å²) in [6, 6.07) is 15.5. The molecule has 1 aromatic heterocycles. The molecule has 1 fully saturated rings. The highest BCUT2D eigenvalue weighted by atomic mass is 35.5. The first-order chi connectivity index (χ1) is 17.8. The van der Waals surface area contributed by atoms with Crippen LogP contribution < -0.4 is 0 Å². The number of carbonyl (C=O) groups is 2. The Bertz CT molecular complexity index is 1310. The van der Waals surface area contributed by atoms with E-state index in [1.165, 1.54) is 21.6 Å². The monoisotopic (exact) mass is 555 g/mol. The van der Waals surface area contributed by atoms with Crippen LogP contribution in [-0.4, -0.2) is 65.3 Å². The van der Waals surface area contributed by atoms with E-state index in [0.717, 1.165) is 19.4 Å². The van der Waals surface area contributed by atoms with Gasteiger partial charge in [0.05, 0.1) is 22.1 Å². The lowest BCUT2D eigenvalue weighted by atomic mass is 9.89. The number of fused-ring (bicyclic) bond motifs is 1. The highest BCUT2D eigenvalue weighted by Crippen LogP contribution is 2.40. The van der Waals surface area contributed by atoms with Crippen LogP contribution >= 0.6 is 34.5 Å². The predicted molar refractivity (Wildman–Crippen MR) is 151 cm³/mol. The summed E-state index contributed by atoms with van der Waals surface area (Å²) in [5, 5.41) is 2.96. The van der Waals surface area contributed by atoms with Crippen LogP contribution in [0.15, 0.2) is 53.9 Å². The van der Waals surface area contributed by atoms with Gasteiger partial charge in [0.1, 0.15) is 0 Å². The number of carbonyl (C=O) groups excluding carboxylic acids is 2. The van der Waals surface area contributed by atoms with Gasteiger partial charge in [-0.25, -0.2) is 0 Å². The second-order valence-corrected chi connectivity index (χ2v) is 11.6. The molecular weight excluding hydrogens is 525 g/mol. The van der Waals surface area contributed by atoms with Gasteiger partial charge in [0, 0.05) is 43.2 Å². The van der Waals surface area contributed by atoms with Gasteiger partial charge in [-0.2, -0.15) is 0 Å². The molecule has 37 heavy (non-hydrogen) atoms. The second kappa shape index (κ2) is 11.2. The number of nitrogens with zero attached hydrogens (tertiary/aromatic N) is 3. The average Bonchev–Trinajstić information content (AvgIpc) is 3.25. The van der Waals surface area contributed by atoms with Crippen molar-refractivity contribution < 1.29 is 9.59 Å². The van der Waals surface area contributed by atoms with Crippen LogP contribution in [0.5, 0.6) is 0 Å². The number of benzene rings is 2. The van der Waals surface area contributed by atoms with Gasteiger partial charge in [-0.05, 0) is 73.0 Å². The lowest BCUT2D eigenvalue weighted by Gasteiger charge is -2.41. The van der Waals surface area contributed by atoms with Gasteiger partial charge in [0.2, 0.25) is 5.91 Å². The molecule has 2 aromatic carbocycles. The van der Waals surface area contributed by atoms with Gasteiger partial charge in [0.15, 0.2) is 0 Å². The molecule has 0 spiro atoms. The molecule has 8 heteroatoms. The molecule has 194 valence electrons. The summed E-state index contributed by atoms with van der Waals surface area (Å²) in [6.07, 6.45) is 1.69. The first kappa shape index (κ1) is 26.2. The SMILES string of the molecule is Cc1ccccc1[C@H]1c2ccsc2CCN1[C@H](C)C(=O)N1CCCN(C(=O)c2ccc(Cl)c(Cl)c2)CC1. The van der Waals surface area contributed by atoms with E-state index in [0.29, 0.717) is 41.8 Å². The van der Waals surface area contributed by atoms with Gasteiger partial charge in [-0.1, -0.05) is 47.5 Å². The summed E-state index contributed by atoms with van der Waals surface area (Å²) in [5.41, 5.74) is 4.33. The second-order valence-electron chi connectivity index (χ2n) is 9.82. The Morgan fingerprint density at radius 2 is 1.68 bits per heavy atom. The zero-order valence-electron chi connectivity index (χ0n) is 21.1. The van der Waals surface area contributed by atoms with E-state index in [2.05, 4.69) is 47.5 Å². The lowest BCUT2D eigenvalue weighted by Crippen LogP contribution is -2.51. The minimum atomic E-state index is -0.269.